The predicted octanol–water partition coefficient (Wildman–Crippen LogP) is 2.70. The molecule has 0 spiro atoms. The van der Waals surface area contributed by atoms with E-state index in [-0.39, 0.29) is 17.8 Å². The van der Waals surface area contributed by atoms with Crippen molar-refractivity contribution in [3.05, 3.63) is 71.0 Å². The molecule has 0 saturated carbocycles. The average molecular weight is 285 g/mol. The summed E-state index contributed by atoms with van der Waals surface area (Å²) >= 11 is 0. The number of halogens is 1. The molecule has 1 aliphatic rings. The van der Waals surface area contributed by atoms with Gasteiger partial charge in [-0.15, -0.1) is 0 Å². The molecule has 21 heavy (non-hydrogen) atoms. The van der Waals surface area contributed by atoms with Crippen LogP contribution in [0.5, 0.6) is 0 Å². The largest absolute Gasteiger partial charge is 0.371 e. The van der Waals surface area contributed by atoms with Gasteiger partial charge in [-0.25, -0.2) is 4.39 Å². The highest BCUT2D eigenvalue weighted by Gasteiger charge is 2.19. The first-order valence-electron chi connectivity index (χ1n) is 6.94. The third kappa shape index (κ3) is 3.28. The number of nitrogens with one attached hydrogen (secondary N) is 1. The van der Waals surface area contributed by atoms with E-state index in [1.165, 1.54) is 35.4 Å². The first-order chi connectivity index (χ1) is 10.2. The molecule has 1 unspecified atom stereocenters. The molecular weight excluding hydrogens is 269 g/mol. The van der Waals surface area contributed by atoms with Crippen LogP contribution in [0.2, 0.25) is 0 Å². The van der Waals surface area contributed by atoms with Crippen molar-refractivity contribution in [1.29, 1.82) is 0 Å². The fourth-order valence-electron chi connectivity index (χ4n) is 2.45. The van der Waals surface area contributed by atoms with E-state index in [0.717, 1.165) is 6.42 Å². The molecule has 2 aromatic rings. The SMILES string of the molecule is O=C(NCC1Cc2ccccc2CO1)c1ccc(F)cc1. The van der Waals surface area contributed by atoms with E-state index in [1.807, 2.05) is 12.1 Å². The molecule has 1 atom stereocenters. The topological polar surface area (TPSA) is 38.3 Å². The van der Waals surface area contributed by atoms with Crippen molar-refractivity contribution in [1.82, 2.24) is 5.32 Å². The summed E-state index contributed by atoms with van der Waals surface area (Å²) in [6.07, 6.45) is 0.768. The minimum absolute atomic E-state index is 0.0238. The Morgan fingerprint density at radius 1 is 1.14 bits per heavy atom. The van der Waals surface area contributed by atoms with Gasteiger partial charge in [-0.3, -0.25) is 4.79 Å². The molecule has 2 aromatic carbocycles. The zero-order valence-electron chi connectivity index (χ0n) is 11.5. The molecule has 0 bridgehead atoms. The van der Waals surface area contributed by atoms with Crippen LogP contribution in [-0.4, -0.2) is 18.6 Å². The third-order valence-corrected chi connectivity index (χ3v) is 3.64. The number of benzene rings is 2. The smallest absolute Gasteiger partial charge is 0.251 e. The normalized spacial score (nSPS) is 17.1. The lowest BCUT2D eigenvalue weighted by atomic mass is 9.99. The molecule has 0 radical (unpaired) electrons. The molecular formula is C17H16FNO2. The second-order valence-corrected chi connectivity index (χ2v) is 5.12. The second-order valence-electron chi connectivity index (χ2n) is 5.12. The Morgan fingerprint density at radius 2 is 1.86 bits per heavy atom. The van der Waals surface area contributed by atoms with Crippen LogP contribution in [0.25, 0.3) is 0 Å². The van der Waals surface area contributed by atoms with E-state index in [9.17, 15) is 9.18 Å². The summed E-state index contributed by atoms with van der Waals surface area (Å²) in [5, 5.41) is 2.83. The lowest BCUT2D eigenvalue weighted by Gasteiger charge is -2.25. The van der Waals surface area contributed by atoms with Crippen molar-refractivity contribution in [2.24, 2.45) is 0 Å². The summed E-state index contributed by atoms with van der Waals surface area (Å²) in [7, 11) is 0. The highest BCUT2D eigenvalue weighted by Crippen LogP contribution is 2.19. The molecule has 1 amide bonds. The molecule has 0 saturated heterocycles. The van der Waals surface area contributed by atoms with Crippen LogP contribution in [0, 0.1) is 5.82 Å². The lowest BCUT2D eigenvalue weighted by molar-refractivity contribution is 0.0285. The van der Waals surface area contributed by atoms with E-state index < -0.39 is 0 Å². The molecule has 1 N–H and O–H groups in total. The van der Waals surface area contributed by atoms with Crippen LogP contribution in [0.3, 0.4) is 0 Å². The maximum atomic E-state index is 12.8. The Hall–Kier alpha value is -2.20. The third-order valence-electron chi connectivity index (χ3n) is 3.64. The lowest BCUT2D eigenvalue weighted by Crippen LogP contribution is -2.36. The van der Waals surface area contributed by atoms with Gasteiger partial charge in [0.25, 0.3) is 5.91 Å². The standard InChI is InChI=1S/C17H16FNO2/c18-15-7-5-12(6-8-15)17(20)19-10-16-9-13-3-1-2-4-14(13)11-21-16/h1-8,16H,9-11H2,(H,19,20). The van der Waals surface area contributed by atoms with Gasteiger partial charge in [0, 0.05) is 18.5 Å². The van der Waals surface area contributed by atoms with Gasteiger partial charge in [-0.2, -0.15) is 0 Å². The number of ether oxygens (including phenoxy) is 1. The summed E-state index contributed by atoms with van der Waals surface area (Å²) in [5.74, 6) is -0.559. The zero-order chi connectivity index (χ0) is 14.7. The second kappa shape index (κ2) is 6.06. The fourth-order valence-corrected chi connectivity index (χ4v) is 2.45. The molecule has 0 fully saturated rings. The molecule has 1 aliphatic heterocycles. The van der Waals surface area contributed by atoms with E-state index in [4.69, 9.17) is 4.74 Å². The average Bonchev–Trinajstić information content (AvgIpc) is 2.53. The van der Waals surface area contributed by atoms with Crippen LogP contribution in [0.4, 0.5) is 4.39 Å². The zero-order valence-corrected chi connectivity index (χ0v) is 11.5. The molecule has 1 heterocycles. The first-order valence-corrected chi connectivity index (χ1v) is 6.94. The number of hydrogen-bond donors (Lipinski definition) is 1. The Labute approximate surface area is 122 Å². The van der Waals surface area contributed by atoms with Crippen molar-refractivity contribution < 1.29 is 13.9 Å². The Kier molecular flexibility index (Phi) is 3.97. The van der Waals surface area contributed by atoms with Gasteiger partial charge in [-0.05, 0) is 35.4 Å². The highest BCUT2D eigenvalue weighted by atomic mass is 19.1. The Bertz CT molecular complexity index is 639. The van der Waals surface area contributed by atoms with Crippen LogP contribution in [0.15, 0.2) is 48.5 Å². The molecule has 0 aliphatic carbocycles. The molecule has 108 valence electrons. The van der Waals surface area contributed by atoms with Crippen molar-refractivity contribution in [3.63, 3.8) is 0 Å². The number of hydrogen-bond acceptors (Lipinski definition) is 2. The minimum atomic E-state index is -0.348. The van der Waals surface area contributed by atoms with Crippen LogP contribution < -0.4 is 5.32 Å². The quantitative estimate of drug-likeness (QED) is 0.941. The van der Waals surface area contributed by atoms with Gasteiger partial charge < -0.3 is 10.1 Å². The van der Waals surface area contributed by atoms with Gasteiger partial charge in [0.05, 0.1) is 12.7 Å². The molecule has 3 nitrogen and oxygen atoms in total. The monoisotopic (exact) mass is 285 g/mol. The summed E-state index contributed by atoms with van der Waals surface area (Å²) < 4.78 is 18.6. The summed E-state index contributed by atoms with van der Waals surface area (Å²) in [6.45, 7) is 1.03. The summed E-state index contributed by atoms with van der Waals surface area (Å²) in [6, 6.07) is 13.7. The number of amides is 1. The Morgan fingerprint density at radius 3 is 2.62 bits per heavy atom. The van der Waals surface area contributed by atoms with Crippen molar-refractivity contribution >= 4 is 5.91 Å². The number of fused-ring (bicyclic) bond motifs is 1. The van der Waals surface area contributed by atoms with Gasteiger partial charge in [0.15, 0.2) is 0 Å². The molecule has 4 heteroatoms. The summed E-state index contributed by atoms with van der Waals surface area (Å²) in [5.41, 5.74) is 2.93. The van der Waals surface area contributed by atoms with Gasteiger partial charge in [0.1, 0.15) is 5.82 Å². The van der Waals surface area contributed by atoms with Crippen molar-refractivity contribution in [2.75, 3.05) is 6.54 Å². The van der Waals surface area contributed by atoms with Gasteiger partial charge in [0.2, 0.25) is 0 Å². The summed E-state index contributed by atoms with van der Waals surface area (Å²) in [4.78, 5) is 12.0. The van der Waals surface area contributed by atoms with Gasteiger partial charge >= 0.3 is 0 Å². The van der Waals surface area contributed by atoms with E-state index in [0.29, 0.717) is 18.7 Å². The molecule has 0 aromatic heterocycles. The van der Waals surface area contributed by atoms with Crippen LogP contribution in [-0.2, 0) is 17.8 Å². The Balaban J connectivity index is 1.56. The maximum absolute atomic E-state index is 12.8. The number of carbonyl (C=O) groups is 1. The minimum Gasteiger partial charge on any atom is -0.371 e. The first kappa shape index (κ1) is 13.8. The predicted molar refractivity (Wildman–Crippen MR) is 77.5 cm³/mol. The molecule has 3 rings (SSSR count). The van der Waals surface area contributed by atoms with Crippen molar-refractivity contribution in [2.45, 2.75) is 19.1 Å². The van der Waals surface area contributed by atoms with E-state index in [2.05, 4.69) is 17.4 Å². The van der Waals surface area contributed by atoms with Crippen LogP contribution in [0.1, 0.15) is 21.5 Å². The van der Waals surface area contributed by atoms with E-state index >= 15 is 0 Å². The van der Waals surface area contributed by atoms with E-state index in [1.54, 1.807) is 0 Å². The maximum Gasteiger partial charge on any atom is 0.251 e. The van der Waals surface area contributed by atoms with Crippen molar-refractivity contribution in [3.8, 4) is 0 Å². The fraction of sp³-hybridized carbons (Fsp3) is 0.235. The van der Waals surface area contributed by atoms with Gasteiger partial charge in [-0.1, -0.05) is 24.3 Å². The van der Waals surface area contributed by atoms with Crippen LogP contribution >= 0.6 is 0 Å². The number of carbonyl (C=O) groups excluding carboxylic acids is 1. The number of rotatable bonds is 3. The highest BCUT2D eigenvalue weighted by molar-refractivity contribution is 5.94.